The standard InChI is InChI=1S/C23H16N4O/c1-2-6-21-16(4-1)7-8-18(27-21)14-28-19-9-10-22-20(12-19)23(26-15-25-22)17-5-3-11-24-13-17/h1-13,15H,14H2. The topological polar surface area (TPSA) is 60.8 Å². The highest BCUT2D eigenvalue weighted by atomic mass is 16.5. The molecule has 3 aromatic heterocycles. The second kappa shape index (κ2) is 7.04. The van der Waals surface area contributed by atoms with Crippen LogP contribution in [0.1, 0.15) is 5.69 Å². The summed E-state index contributed by atoms with van der Waals surface area (Å²) in [7, 11) is 0. The van der Waals surface area contributed by atoms with E-state index in [1.807, 2.05) is 54.6 Å². The highest BCUT2D eigenvalue weighted by molar-refractivity contribution is 5.92. The van der Waals surface area contributed by atoms with Crippen molar-refractivity contribution in [1.29, 1.82) is 0 Å². The van der Waals surface area contributed by atoms with Gasteiger partial charge in [-0.1, -0.05) is 24.3 Å². The van der Waals surface area contributed by atoms with Gasteiger partial charge in [0.05, 0.1) is 22.4 Å². The summed E-state index contributed by atoms with van der Waals surface area (Å²) < 4.78 is 6.01. The summed E-state index contributed by atoms with van der Waals surface area (Å²) in [5.41, 5.74) is 4.51. The number of benzene rings is 2. The van der Waals surface area contributed by atoms with Crippen molar-refractivity contribution in [2.45, 2.75) is 6.61 Å². The molecule has 0 aliphatic rings. The average Bonchev–Trinajstić information content (AvgIpc) is 2.77. The van der Waals surface area contributed by atoms with Crippen LogP contribution in [0.25, 0.3) is 33.1 Å². The second-order valence-corrected chi connectivity index (χ2v) is 6.43. The number of aromatic nitrogens is 4. The highest BCUT2D eigenvalue weighted by Gasteiger charge is 2.08. The van der Waals surface area contributed by atoms with E-state index in [1.54, 1.807) is 18.7 Å². The molecule has 2 aromatic carbocycles. The van der Waals surface area contributed by atoms with Crippen LogP contribution in [-0.2, 0) is 6.61 Å². The van der Waals surface area contributed by atoms with Crippen LogP contribution < -0.4 is 4.74 Å². The molecule has 5 heteroatoms. The fraction of sp³-hybridized carbons (Fsp3) is 0.0435. The number of para-hydroxylation sites is 1. The van der Waals surface area contributed by atoms with Gasteiger partial charge in [-0.15, -0.1) is 0 Å². The van der Waals surface area contributed by atoms with Crippen LogP contribution in [0.3, 0.4) is 0 Å². The quantitative estimate of drug-likeness (QED) is 0.458. The summed E-state index contributed by atoms with van der Waals surface area (Å²) in [6, 6.07) is 21.8. The number of nitrogens with zero attached hydrogens (tertiary/aromatic N) is 4. The van der Waals surface area contributed by atoms with Gasteiger partial charge in [0.2, 0.25) is 0 Å². The number of hydrogen-bond donors (Lipinski definition) is 0. The number of fused-ring (bicyclic) bond motifs is 2. The highest BCUT2D eigenvalue weighted by Crippen LogP contribution is 2.28. The smallest absolute Gasteiger partial charge is 0.130 e. The van der Waals surface area contributed by atoms with Crippen LogP contribution in [0, 0.1) is 0 Å². The van der Waals surface area contributed by atoms with E-state index in [0.717, 1.165) is 44.5 Å². The van der Waals surface area contributed by atoms with Gasteiger partial charge < -0.3 is 4.74 Å². The Morgan fingerprint density at radius 3 is 2.71 bits per heavy atom. The van der Waals surface area contributed by atoms with E-state index < -0.39 is 0 Å². The molecule has 3 heterocycles. The number of hydrogen-bond acceptors (Lipinski definition) is 5. The lowest BCUT2D eigenvalue weighted by molar-refractivity contribution is 0.302. The minimum atomic E-state index is 0.395. The summed E-state index contributed by atoms with van der Waals surface area (Å²) >= 11 is 0. The van der Waals surface area contributed by atoms with E-state index in [2.05, 4.69) is 32.1 Å². The van der Waals surface area contributed by atoms with Crippen molar-refractivity contribution >= 4 is 21.8 Å². The van der Waals surface area contributed by atoms with Crippen molar-refractivity contribution in [3.63, 3.8) is 0 Å². The number of ether oxygens (including phenoxy) is 1. The van der Waals surface area contributed by atoms with Crippen LogP contribution in [0.5, 0.6) is 5.75 Å². The lowest BCUT2D eigenvalue weighted by atomic mass is 10.1. The molecule has 134 valence electrons. The fourth-order valence-corrected chi connectivity index (χ4v) is 3.20. The lowest BCUT2D eigenvalue weighted by Crippen LogP contribution is -1.99. The van der Waals surface area contributed by atoms with Crippen LogP contribution >= 0.6 is 0 Å². The van der Waals surface area contributed by atoms with Gasteiger partial charge in [0, 0.05) is 28.7 Å². The van der Waals surface area contributed by atoms with Gasteiger partial charge in [-0.2, -0.15) is 0 Å². The Morgan fingerprint density at radius 1 is 0.821 bits per heavy atom. The molecule has 5 aromatic rings. The van der Waals surface area contributed by atoms with Gasteiger partial charge in [-0.3, -0.25) is 4.98 Å². The predicted molar refractivity (Wildman–Crippen MR) is 109 cm³/mol. The predicted octanol–water partition coefficient (Wildman–Crippen LogP) is 4.82. The molecule has 0 aliphatic carbocycles. The van der Waals surface area contributed by atoms with Gasteiger partial charge in [0.25, 0.3) is 0 Å². The molecule has 0 atom stereocenters. The van der Waals surface area contributed by atoms with E-state index in [4.69, 9.17) is 4.74 Å². The van der Waals surface area contributed by atoms with Gasteiger partial charge in [0.15, 0.2) is 0 Å². The van der Waals surface area contributed by atoms with Gasteiger partial charge in [0.1, 0.15) is 18.7 Å². The molecule has 0 radical (unpaired) electrons. The molecule has 0 spiro atoms. The molecule has 0 saturated carbocycles. The molecule has 5 rings (SSSR count). The third-order valence-corrected chi connectivity index (χ3v) is 4.58. The zero-order chi connectivity index (χ0) is 18.8. The zero-order valence-electron chi connectivity index (χ0n) is 15.0. The third kappa shape index (κ3) is 3.14. The van der Waals surface area contributed by atoms with Crippen molar-refractivity contribution in [2.75, 3.05) is 0 Å². The van der Waals surface area contributed by atoms with E-state index in [9.17, 15) is 0 Å². The Hall–Kier alpha value is -3.86. The first-order chi connectivity index (χ1) is 13.9. The normalized spacial score (nSPS) is 11.0. The molecule has 0 aliphatic heterocycles. The molecule has 0 saturated heterocycles. The van der Waals surface area contributed by atoms with E-state index >= 15 is 0 Å². The summed E-state index contributed by atoms with van der Waals surface area (Å²) in [5, 5.41) is 2.05. The van der Waals surface area contributed by atoms with Crippen LogP contribution in [-0.4, -0.2) is 19.9 Å². The summed E-state index contributed by atoms with van der Waals surface area (Å²) in [4.78, 5) is 17.7. The van der Waals surface area contributed by atoms with Crippen LogP contribution in [0.2, 0.25) is 0 Å². The molecule has 0 unspecified atom stereocenters. The SMILES string of the molecule is c1cncc(-c2ncnc3ccc(OCc4ccc5ccccc5n4)cc23)c1. The summed E-state index contributed by atoms with van der Waals surface area (Å²) in [6.07, 6.45) is 5.12. The van der Waals surface area contributed by atoms with Crippen LogP contribution in [0.15, 0.2) is 85.5 Å². The molecular weight excluding hydrogens is 348 g/mol. The molecule has 0 bridgehead atoms. The van der Waals surface area contributed by atoms with Crippen molar-refractivity contribution in [2.24, 2.45) is 0 Å². The molecule has 28 heavy (non-hydrogen) atoms. The fourth-order valence-electron chi connectivity index (χ4n) is 3.20. The minimum absolute atomic E-state index is 0.395. The van der Waals surface area contributed by atoms with Gasteiger partial charge in [-0.05, 0) is 42.5 Å². The molecule has 0 fully saturated rings. The maximum atomic E-state index is 6.01. The first-order valence-corrected chi connectivity index (χ1v) is 8.99. The van der Waals surface area contributed by atoms with Gasteiger partial charge in [-0.25, -0.2) is 15.0 Å². The molecule has 0 amide bonds. The summed E-state index contributed by atoms with van der Waals surface area (Å²) in [5.74, 6) is 0.752. The van der Waals surface area contributed by atoms with Crippen molar-refractivity contribution in [3.05, 3.63) is 91.1 Å². The monoisotopic (exact) mass is 364 g/mol. The molecule has 0 N–H and O–H groups in total. The van der Waals surface area contributed by atoms with Gasteiger partial charge >= 0.3 is 0 Å². The van der Waals surface area contributed by atoms with Crippen molar-refractivity contribution < 1.29 is 4.74 Å². The minimum Gasteiger partial charge on any atom is -0.487 e. The Morgan fingerprint density at radius 2 is 1.79 bits per heavy atom. The van der Waals surface area contributed by atoms with E-state index in [-0.39, 0.29) is 0 Å². The largest absolute Gasteiger partial charge is 0.487 e. The first kappa shape index (κ1) is 16.3. The number of rotatable bonds is 4. The number of pyridine rings is 2. The Bertz CT molecular complexity index is 1270. The average molecular weight is 364 g/mol. The zero-order valence-corrected chi connectivity index (χ0v) is 15.0. The van der Waals surface area contributed by atoms with Crippen molar-refractivity contribution in [3.8, 4) is 17.0 Å². The molecule has 5 nitrogen and oxygen atoms in total. The lowest BCUT2D eigenvalue weighted by Gasteiger charge is -2.09. The maximum absolute atomic E-state index is 6.01. The Kier molecular flexibility index (Phi) is 4.10. The third-order valence-electron chi connectivity index (χ3n) is 4.58. The van der Waals surface area contributed by atoms with Crippen molar-refractivity contribution in [1.82, 2.24) is 19.9 Å². The Labute approximate surface area is 161 Å². The second-order valence-electron chi connectivity index (χ2n) is 6.43. The summed E-state index contributed by atoms with van der Waals surface area (Å²) in [6.45, 7) is 0.395. The van der Waals surface area contributed by atoms with E-state index in [0.29, 0.717) is 6.61 Å². The van der Waals surface area contributed by atoms with E-state index in [1.165, 1.54) is 0 Å². The first-order valence-electron chi connectivity index (χ1n) is 8.99. The maximum Gasteiger partial charge on any atom is 0.130 e. The Balaban J connectivity index is 1.46. The molecular formula is C23H16N4O. The van der Waals surface area contributed by atoms with Crippen LogP contribution in [0.4, 0.5) is 0 Å².